The molecule has 12 aromatic rings. The van der Waals surface area contributed by atoms with Crippen molar-refractivity contribution in [3.8, 4) is 45.1 Å². The molecule has 0 aliphatic rings. The number of thiophene rings is 1. The van der Waals surface area contributed by atoms with Gasteiger partial charge in [-0.05, 0) is 65.7 Å². The fourth-order valence-corrected chi connectivity index (χ4v) is 10.1. The summed E-state index contributed by atoms with van der Waals surface area (Å²) in [6.45, 7) is 0. The molecular weight excluding hydrogens is 713 g/mol. The van der Waals surface area contributed by atoms with E-state index in [0.717, 1.165) is 55.7 Å². The highest BCUT2D eigenvalue weighted by Crippen LogP contribution is 2.43. The second-order valence-corrected chi connectivity index (χ2v) is 15.6. The standard InChI is InChI=1S/C52H32N4S/c1-2-18-36(19-3-1)56-46-29-10-6-24-43(46)48-49(34-16-12-15-33(31-34)38-25-14-26-42-41-23-7-11-30-47(41)57-50(38)42)53-51(54-52(48)56)35-17-13-20-37(32-35)55-44-27-8-4-21-39(44)40-22-5-9-28-45(40)55/h1-32H. The molecule has 0 saturated heterocycles. The molecule has 0 unspecified atom stereocenters. The lowest BCUT2D eigenvalue weighted by Crippen LogP contribution is -2.00. The van der Waals surface area contributed by atoms with Crippen LogP contribution in [0, 0.1) is 0 Å². The van der Waals surface area contributed by atoms with Crippen molar-refractivity contribution in [3.63, 3.8) is 0 Å². The predicted octanol–water partition coefficient (Wildman–Crippen LogP) is 14.0. The Bertz CT molecular complexity index is 3480. The lowest BCUT2D eigenvalue weighted by Gasteiger charge is -2.13. The molecular formula is C52H32N4S. The maximum absolute atomic E-state index is 5.55. The number of hydrogen-bond acceptors (Lipinski definition) is 3. The molecule has 0 amide bonds. The van der Waals surface area contributed by atoms with Gasteiger partial charge in [0.2, 0.25) is 0 Å². The summed E-state index contributed by atoms with van der Waals surface area (Å²) < 4.78 is 7.24. The van der Waals surface area contributed by atoms with E-state index >= 15 is 0 Å². The Morgan fingerprint density at radius 1 is 0.386 bits per heavy atom. The smallest absolute Gasteiger partial charge is 0.162 e. The summed E-state index contributed by atoms with van der Waals surface area (Å²) in [5.74, 6) is 0.678. The fraction of sp³-hybridized carbons (Fsp3) is 0. The lowest BCUT2D eigenvalue weighted by molar-refractivity contribution is 1.11. The molecule has 0 aliphatic heterocycles. The van der Waals surface area contributed by atoms with Gasteiger partial charge in [0.05, 0.1) is 27.6 Å². The topological polar surface area (TPSA) is 35.6 Å². The molecule has 57 heavy (non-hydrogen) atoms. The number of benzene rings is 8. The normalized spacial score (nSPS) is 11.9. The Morgan fingerprint density at radius 2 is 0.965 bits per heavy atom. The minimum atomic E-state index is 0.678. The van der Waals surface area contributed by atoms with Crippen molar-refractivity contribution in [1.82, 2.24) is 19.1 Å². The number of aromatic nitrogens is 4. The largest absolute Gasteiger partial charge is 0.309 e. The zero-order valence-electron chi connectivity index (χ0n) is 30.7. The van der Waals surface area contributed by atoms with Gasteiger partial charge in [0.1, 0.15) is 5.65 Å². The van der Waals surface area contributed by atoms with Gasteiger partial charge in [-0.1, -0.05) is 140 Å². The number of rotatable bonds is 5. The first-order valence-electron chi connectivity index (χ1n) is 19.3. The molecule has 12 rings (SSSR count). The van der Waals surface area contributed by atoms with Gasteiger partial charge in [-0.3, -0.25) is 4.57 Å². The van der Waals surface area contributed by atoms with Gasteiger partial charge in [0.25, 0.3) is 0 Å². The summed E-state index contributed by atoms with van der Waals surface area (Å²) in [7, 11) is 0. The average Bonchev–Trinajstić information content (AvgIpc) is 3.94. The van der Waals surface area contributed by atoms with E-state index in [9.17, 15) is 0 Å². The van der Waals surface area contributed by atoms with E-state index < -0.39 is 0 Å². The van der Waals surface area contributed by atoms with Crippen LogP contribution >= 0.6 is 11.3 Å². The second kappa shape index (κ2) is 12.6. The van der Waals surface area contributed by atoms with E-state index in [4.69, 9.17) is 9.97 Å². The zero-order chi connectivity index (χ0) is 37.5. The van der Waals surface area contributed by atoms with Gasteiger partial charge in [-0.25, -0.2) is 9.97 Å². The molecule has 8 aromatic carbocycles. The maximum Gasteiger partial charge on any atom is 0.162 e. The van der Waals surface area contributed by atoms with Crippen LogP contribution < -0.4 is 0 Å². The van der Waals surface area contributed by atoms with Crippen LogP contribution in [0.3, 0.4) is 0 Å². The first kappa shape index (κ1) is 32.0. The molecule has 266 valence electrons. The highest BCUT2D eigenvalue weighted by Gasteiger charge is 2.22. The van der Waals surface area contributed by atoms with Crippen molar-refractivity contribution in [3.05, 3.63) is 194 Å². The Kier molecular flexibility index (Phi) is 7.06. The van der Waals surface area contributed by atoms with E-state index in [1.807, 2.05) is 11.3 Å². The molecule has 4 aromatic heterocycles. The fourth-order valence-electron chi connectivity index (χ4n) is 8.82. The van der Waals surface area contributed by atoms with E-state index in [0.29, 0.717) is 5.82 Å². The van der Waals surface area contributed by atoms with Crippen LogP contribution in [0.5, 0.6) is 0 Å². The van der Waals surface area contributed by atoms with E-state index in [1.54, 1.807) is 0 Å². The molecule has 0 aliphatic carbocycles. The van der Waals surface area contributed by atoms with Crippen LogP contribution in [0.15, 0.2) is 194 Å². The van der Waals surface area contributed by atoms with Gasteiger partial charge in [-0.2, -0.15) is 0 Å². The Labute approximate surface area is 332 Å². The van der Waals surface area contributed by atoms with Crippen LogP contribution in [0.1, 0.15) is 0 Å². The molecule has 4 heterocycles. The Morgan fingerprint density at radius 3 is 1.75 bits per heavy atom. The van der Waals surface area contributed by atoms with Gasteiger partial charge >= 0.3 is 0 Å². The molecule has 0 bridgehead atoms. The van der Waals surface area contributed by atoms with Crippen molar-refractivity contribution in [2.45, 2.75) is 0 Å². The third kappa shape index (κ3) is 4.93. The first-order valence-corrected chi connectivity index (χ1v) is 20.1. The highest BCUT2D eigenvalue weighted by atomic mass is 32.1. The van der Waals surface area contributed by atoms with Crippen molar-refractivity contribution in [1.29, 1.82) is 0 Å². The van der Waals surface area contributed by atoms with Gasteiger partial charge in [0.15, 0.2) is 5.82 Å². The number of hydrogen-bond donors (Lipinski definition) is 0. The van der Waals surface area contributed by atoms with Crippen molar-refractivity contribution >= 4 is 75.3 Å². The Balaban J connectivity index is 1.12. The van der Waals surface area contributed by atoms with Crippen LogP contribution in [-0.4, -0.2) is 19.1 Å². The molecule has 0 saturated carbocycles. The average molecular weight is 745 g/mol. The molecule has 0 fully saturated rings. The summed E-state index contributed by atoms with van der Waals surface area (Å²) in [5.41, 5.74) is 11.7. The van der Waals surface area contributed by atoms with Gasteiger partial charge < -0.3 is 4.57 Å². The molecule has 0 radical (unpaired) electrons. The number of para-hydroxylation sites is 4. The molecule has 4 nitrogen and oxygen atoms in total. The maximum atomic E-state index is 5.55. The minimum Gasteiger partial charge on any atom is -0.309 e. The zero-order valence-corrected chi connectivity index (χ0v) is 31.5. The van der Waals surface area contributed by atoms with E-state index in [-0.39, 0.29) is 0 Å². The SMILES string of the molecule is c1ccc(-n2c3ccccc3c3c(-c4cccc(-c5cccc6c5sc5ccccc56)c4)nc(-c4cccc(-n5c6ccccc6c6ccccc65)c4)nc32)cc1. The Hall–Kier alpha value is -7.34. The minimum absolute atomic E-state index is 0.678. The van der Waals surface area contributed by atoms with Crippen LogP contribution in [-0.2, 0) is 0 Å². The molecule has 0 spiro atoms. The van der Waals surface area contributed by atoms with Crippen LogP contribution in [0.4, 0.5) is 0 Å². The summed E-state index contributed by atoms with van der Waals surface area (Å²) >= 11 is 1.86. The summed E-state index contributed by atoms with van der Waals surface area (Å²) in [6, 6.07) is 69.4. The summed E-state index contributed by atoms with van der Waals surface area (Å²) in [5, 5.41) is 7.21. The van der Waals surface area contributed by atoms with E-state index in [1.165, 1.54) is 47.5 Å². The summed E-state index contributed by atoms with van der Waals surface area (Å²) in [6.07, 6.45) is 0. The number of fused-ring (bicyclic) bond motifs is 9. The number of nitrogens with zero attached hydrogens (tertiary/aromatic N) is 4. The van der Waals surface area contributed by atoms with E-state index in [2.05, 4.69) is 203 Å². The first-order chi connectivity index (χ1) is 28.3. The van der Waals surface area contributed by atoms with Crippen LogP contribution in [0.2, 0.25) is 0 Å². The van der Waals surface area contributed by atoms with Gasteiger partial charge in [-0.15, -0.1) is 11.3 Å². The molecule has 0 N–H and O–H groups in total. The van der Waals surface area contributed by atoms with Crippen molar-refractivity contribution in [2.75, 3.05) is 0 Å². The molecule has 0 atom stereocenters. The second-order valence-electron chi connectivity index (χ2n) is 14.6. The third-order valence-electron chi connectivity index (χ3n) is 11.3. The monoisotopic (exact) mass is 744 g/mol. The molecule has 5 heteroatoms. The third-order valence-corrected chi connectivity index (χ3v) is 12.5. The van der Waals surface area contributed by atoms with Crippen molar-refractivity contribution < 1.29 is 0 Å². The van der Waals surface area contributed by atoms with Crippen LogP contribution in [0.25, 0.3) is 109 Å². The lowest BCUT2D eigenvalue weighted by atomic mass is 9.98. The van der Waals surface area contributed by atoms with Crippen molar-refractivity contribution in [2.24, 2.45) is 0 Å². The highest BCUT2D eigenvalue weighted by molar-refractivity contribution is 7.26. The summed E-state index contributed by atoms with van der Waals surface area (Å²) in [4.78, 5) is 11.0. The quantitative estimate of drug-likeness (QED) is 0.176. The van der Waals surface area contributed by atoms with Gasteiger partial charge in [0, 0.05) is 58.8 Å². The predicted molar refractivity (Wildman–Crippen MR) is 240 cm³/mol.